The molecule has 0 aromatic heterocycles. The summed E-state index contributed by atoms with van der Waals surface area (Å²) in [7, 11) is 0. The molecule has 0 aliphatic rings. The van der Waals surface area contributed by atoms with Gasteiger partial charge in [-0.15, -0.1) is 0 Å². The van der Waals surface area contributed by atoms with Crippen LogP contribution in [0.2, 0.25) is 0 Å². The van der Waals surface area contributed by atoms with Crippen LogP contribution in [0.3, 0.4) is 0 Å². The van der Waals surface area contributed by atoms with Crippen molar-refractivity contribution < 1.29 is 14.3 Å². The van der Waals surface area contributed by atoms with E-state index in [1.165, 1.54) is 0 Å². The van der Waals surface area contributed by atoms with Crippen LogP contribution in [0.4, 0.5) is 0 Å². The van der Waals surface area contributed by atoms with Gasteiger partial charge < -0.3 is 15.0 Å². The molecule has 1 N–H and O–H groups in total. The molecular formula is C22H28N2O3. The standard InChI is InChI=1S/C22H28N2O3/c1-3-20(22(26)23-4-2)24(16-15-18-11-7-5-8-12-18)21(25)17-27-19-13-9-6-10-14-19/h5-14,20H,3-4,15-17H2,1-2H3,(H,23,26)/t20-/m1/s1. The van der Waals surface area contributed by atoms with E-state index in [-0.39, 0.29) is 18.4 Å². The number of likely N-dealkylation sites (N-methyl/N-ethyl adjacent to an activating group) is 1. The first-order valence-electron chi connectivity index (χ1n) is 9.44. The van der Waals surface area contributed by atoms with Crippen LogP contribution in [-0.2, 0) is 16.0 Å². The van der Waals surface area contributed by atoms with Crippen LogP contribution >= 0.6 is 0 Å². The van der Waals surface area contributed by atoms with Crippen molar-refractivity contribution in [2.45, 2.75) is 32.7 Å². The van der Waals surface area contributed by atoms with E-state index >= 15 is 0 Å². The van der Waals surface area contributed by atoms with Crippen molar-refractivity contribution in [1.29, 1.82) is 0 Å². The van der Waals surface area contributed by atoms with Gasteiger partial charge in [0.25, 0.3) is 5.91 Å². The number of amides is 2. The lowest BCUT2D eigenvalue weighted by molar-refractivity contribution is -0.142. The SMILES string of the molecule is CCNC(=O)[C@@H](CC)N(CCc1ccccc1)C(=O)COc1ccccc1. The largest absolute Gasteiger partial charge is 0.484 e. The molecule has 2 aromatic carbocycles. The highest BCUT2D eigenvalue weighted by atomic mass is 16.5. The molecule has 0 fully saturated rings. The topological polar surface area (TPSA) is 58.6 Å². The van der Waals surface area contributed by atoms with Gasteiger partial charge in [0.05, 0.1) is 0 Å². The van der Waals surface area contributed by atoms with Gasteiger partial charge in [-0.1, -0.05) is 55.5 Å². The highest BCUT2D eigenvalue weighted by molar-refractivity contribution is 5.88. The van der Waals surface area contributed by atoms with Crippen molar-refractivity contribution in [3.05, 3.63) is 66.2 Å². The average molecular weight is 368 g/mol. The predicted octanol–water partition coefficient (Wildman–Crippen LogP) is 3.05. The van der Waals surface area contributed by atoms with Gasteiger partial charge >= 0.3 is 0 Å². The molecule has 27 heavy (non-hydrogen) atoms. The van der Waals surface area contributed by atoms with Crippen LogP contribution in [0.25, 0.3) is 0 Å². The van der Waals surface area contributed by atoms with Gasteiger partial charge in [-0.05, 0) is 37.5 Å². The van der Waals surface area contributed by atoms with Crippen molar-refractivity contribution in [3.8, 4) is 5.75 Å². The van der Waals surface area contributed by atoms with Crippen LogP contribution in [0.5, 0.6) is 5.75 Å². The molecule has 0 spiro atoms. The van der Waals surface area contributed by atoms with Crippen molar-refractivity contribution in [2.24, 2.45) is 0 Å². The molecule has 0 aliphatic heterocycles. The van der Waals surface area contributed by atoms with Gasteiger partial charge in [-0.25, -0.2) is 0 Å². The van der Waals surface area contributed by atoms with E-state index < -0.39 is 6.04 Å². The molecule has 0 heterocycles. The smallest absolute Gasteiger partial charge is 0.261 e. The van der Waals surface area contributed by atoms with E-state index in [2.05, 4.69) is 5.32 Å². The molecule has 2 amide bonds. The molecule has 0 saturated carbocycles. The number of hydrogen-bond donors (Lipinski definition) is 1. The maximum absolute atomic E-state index is 12.9. The average Bonchev–Trinajstić information content (AvgIpc) is 2.71. The number of benzene rings is 2. The van der Waals surface area contributed by atoms with Gasteiger partial charge in [0.1, 0.15) is 11.8 Å². The third kappa shape index (κ3) is 6.44. The fraction of sp³-hybridized carbons (Fsp3) is 0.364. The Balaban J connectivity index is 2.08. The predicted molar refractivity (Wildman–Crippen MR) is 107 cm³/mol. The summed E-state index contributed by atoms with van der Waals surface area (Å²) in [5.74, 6) is 0.328. The Morgan fingerprint density at radius 2 is 1.63 bits per heavy atom. The number of carbonyl (C=O) groups excluding carboxylic acids is 2. The number of para-hydroxylation sites is 1. The second-order valence-corrected chi connectivity index (χ2v) is 6.24. The zero-order valence-corrected chi connectivity index (χ0v) is 16.1. The maximum Gasteiger partial charge on any atom is 0.261 e. The highest BCUT2D eigenvalue weighted by Gasteiger charge is 2.28. The monoisotopic (exact) mass is 368 g/mol. The lowest BCUT2D eigenvalue weighted by Crippen LogP contribution is -2.51. The van der Waals surface area contributed by atoms with Gasteiger partial charge in [0, 0.05) is 13.1 Å². The van der Waals surface area contributed by atoms with Crippen LogP contribution < -0.4 is 10.1 Å². The van der Waals surface area contributed by atoms with Crippen LogP contribution in [0.15, 0.2) is 60.7 Å². The molecule has 0 saturated heterocycles. The summed E-state index contributed by atoms with van der Waals surface area (Å²) in [5.41, 5.74) is 1.13. The zero-order valence-electron chi connectivity index (χ0n) is 16.1. The molecule has 144 valence electrons. The molecule has 5 heteroatoms. The number of rotatable bonds is 10. The second kappa shape index (κ2) is 11.0. The van der Waals surface area contributed by atoms with Crippen molar-refractivity contribution >= 4 is 11.8 Å². The summed E-state index contributed by atoms with van der Waals surface area (Å²) in [4.78, 5) is 27.0. The lowest BCUT2D eigenvalue weighted by atomic mass is 10.1. The number of nitrogens with one attached hydrogen (secondary N) is 1. The quantitative estimate of drug-likeness (QED) is 0.701. The fourth-order valence-electron chi connectivity index (χ4n) is 2.93. The summed E-state index contributed by atoms with van der Waals surface area (Å²) >= 11 is 0. The summed E-state index contributed by atoms with van der Waals surface area (Å²) in [6, 6.07) is 18.7. The van der Waals surface area contributed by atoms with Crippen molar-refractivity contribution in [1.82, 2.24) is 10.2 Å². The molecular weight excluding hydrogens is 340 g/mol. The summed E-state index contributed by atoms with van der Waals surface area (Å²) in [6.07, 6.45) is 1.24. The molecule has 5 nitrogen and oxygen atoms in total. The number of hydrogen-bond acceptors (Lipinski definition) is 3. The van der Waals surface area contributed by atoms with Crippen LogP contribution in [0.1, 0.15) is 25.8 Å². The molecule has 1 atom stereocenters. The van der Waals surface area contributed by atoms with Crippen molar-refractivity contribution in [3.63, 3.8) is 0 Å². The van der Waals surface area contributed by atoms with Gasteiger partial charge in [0.2, 0.25) is 5.91 Å². The first-order valence-corrected chi connectivity index (χ1v) is 9.44. The van der Waals surface area contributed by atoms with Crippen LogP contribution in [-0.4, -0.2) is 42.5 Å². The maximum atomic E-state index is 12.9. The van der Waals surface area contributed by atoms with Gasteiger partial charge in [-0.3, -0.25) is 9.59 Å². The normalized spacial score (nSPS) is 11.5. The first kappa shape index (κ1) is 20.5. The minimum absolute atomic E-state index is 0.0886. The van der Waals surface area contributed by atoms with Crippen LogP contribution in [0, 0.1) is 0 Å². The number of carbonyl (C=O) groups is 2. The Morgan fingerprint density at radius 1 is 1.00 bits per heavy atom. The first-order chi connectivity index (χ1) is 13.2. The summed E-state index contributed by atoms with van der Waals surface area (Å²) in [6.45, 7) is 4.71. The Labute approximate surface area is 161 Å². The molecule has 0 bridgehead atoms. The Hall–Kier alpha value is -2.82. The molecule has 0 radical (unpaired) electrons. The third-order valence-corrected chi connectivity index (χ3v) is 4.33. The van der Waals surface area contributed by atoms with E-state index in [1.54, 1.807) is 4.90 Å². The van der Waals surface area contributed by atoms with Gasteiger partial charge in [0.15, 0.2) is 6.61 Å². The van der Waals surface area contributed by atoms with E-state index in [0.29, 0.717) is 31.7 Å². The molecule has 2 aromatic rings. The third-order valence-electron chi connectivity index (χ3n) is 4.33. The molecule has 0 aliphatic carbocycles. The summed E-state index contributed by atoms with van der Waals surface area (Å²) in [5, 5.41) is 2.83. The lowest BCUT2D eigenvalue weighted by Gasteiger charge is -2.30. The van der Waals surface area contributed by atoms with Gasteiger partial charge in [-0.2, -0.15) is 0 Å². The van der Waals surface area contributed by atoms with E-state index in [0.717, 1.165) is 5.56 Å². The minimum atomic E-state index is -0.500. The van der Waals surface area contributed by atoms with E-state index in [1.807, 2.05) is 74.5 Å². The minimum Gasteiger partial charge on any atom is -0.484 e. The van der Waals surface area contributed by atoms with Crippen molar-refractivity contribution in [2.75, 3.05) is 19.7 Å². The Morgan fingerprint density at radius 3 is 2.22 bits per heavy atom. The highest BCUT2D eigenvalue weighted by Crippen LogP contribution is 2.12. The zero-order chi connectivity index (χ0) is 19.5. The fourth-order valence-corrected chi connectivity index (χ4v) is 2.93. The van der Waals surface area contributed by atoms with E-state index in [4.69, 9.17) is 4.74 Å². The number of ether oxygens (including phenoxy) is 1. The van der Waals surface area contributed by atoms with E-state index in [9.17, 15) is 9.59 Å². The Bertz CT molecular complexity index is 704. The summed E-state index contributed by atoms with van der Waals surface area (Å²) < 4.78 is 5.61. The number of nitrogens with zero attached hydrogens (tertiary/aromatic N) is 1. The Kier molecular flexibility index (Phi) is 8.36. The molecule has 0 unspecified atom stereocenters. The second-order valence-electron chi connectivity index (χ2n) is 6.24. The molecule has 2 rings (SSSR count).